The summed E-state index contributed by atoms with van der Waals surface area (Å²) in [5.74, 6) is 0.466. The van der Waals surface area contributed by atoms with E-state index in [0.717, 1.165) is 28.2 Å². The van der Waals surface area contributed by atoms with Crippen LogP contribution in [0.1, 0.15) is 57.1 Å². The van der Waals surface area contributed by atoms with Crippen LogP contribution < -0.4 is 5.32 Å². The van der Waals surface area contributed by atoms with Gasteiger partial charge in [0, 0.05) is 11.6 Å². The highest BCUT2D eigenvalue weighted by atomic mass is 32.1. The zero-order chi connectivity index (χ0) is 18.6. The minimum atomic E-state index is -0.461. The Morgan fingerprint density at radius 3 is 2.59 bits per heavy atom. The van der Waals surface area contributed by atoms with E-state index >= 15 is 0 Å². The van der Waals surface area contributed by atoms with Crippen molar-refractivity contribution in [2.24, 2.45) is 0 Å². The lowest BCUT2D eigenvalue weighted by Crippen LogP contribution is -2.10. The highest BCUT2D eigenvalue weighted by Crippen LogP contribution is 2.41. The SMILES string of the molecule is O=C(Nc1ccc(CC[C@@H](O)c2ccccc2)cc1)c1cnc(C2CC2)s1. The Balaban J connectivity index is 1.31. The molecule has 1 fully saturated rings. The Hall–Kier alpha value is -2.50. The zero-order valence-electron chi connectivity index (χ0n) is 15.0. The van der Waals surface area contributed by atoms with Crippen molar-refractivity contribution >= 4 is 22.9 Å². The number of aliphatic hydroxyl groups is 1. The number of carbonyl (C=O) groups excluding carboxylic acids is 1. The Labute approximate surface area is 162 Å². The molecule has 1 aliphatic rings. The molecule has 2 aromatic carbocycles. The number of anilines is 1. The van der Waals surface area contributed by atoms with Gasteiger partial charge < -0.3 is 10.4 Å². The van der Waals surface area contributed by atoms with Crippen molar-refractivity contribution in [1.82, 2.24) is 4.98 Å². The lowest BCUT2D eigenvalue weighted by Gasteiger charge is -2.11. The second-order valence-corrected chi connectivity index (χ2v) is 8.02. The summed E-state index contributed by atoms with van der Waals surface area (Å²) in [6.07, 6.45) is 5.04. The number of nitrogens with zero attached hydrogens (tertiary/aromatic N) is 1. The third-order valence-corrected chi connectivity index (χ3v) is 5.94. The third-order valence-electron chi connectivity index (χ3n) is 4.78. The van der Waals surface area contributed by atoms with E-state index in [9.17, 15) is 9.90 Å². The quantitative estimate of drug-likeness (QED) is 0.612. The van der Waals surface area contributed by atoms with Crippen LogP contribution in [0.4, 0.5) is 5.69 Å². The number of aromatic nitrogens is 1. The Morgan fingerprint density at radius 1 is 1.15 bits per heavy atom. The molecule has 4 rings (SSSR count). The smallest absolute Gasteiger partial charge is 0.267 e. The number of aliphatic hydroxyl groups excluding tert-OH is 1. The number of rotatable bonds is 7. The summed E-state index contributed by atoms with van der Waals surface area (Å²) in [4.78, 5) is 17.4. The molecule has 27 heavy (non-hydrogen) atoms. The zero-order valence-corrected chi connectivity index (χ0v) is 15.8. The van der Waals surface area contributed by atoms with E-state index in [1.807, 2.05) is 54.6 Å². The van der Waals surface area contributed by atoms with Crippen molar-refractivity contribution in [3.63, 3.8) is 0 Å². The van der Waals surface area contributed by atoms with Crippen molar-refractivity contribution in [2.75, 3.05) is 5.32 Å². The van der Waals surface area contributed by atoms with Gasteiger partial charge in [-0.05, 0) is 48.9 Å². The van der Waals surface area contributed by atoms with E-state index in [0.29, 0.717) is 17.2 Å². The lowest BCUT2D eigenvalue weighted by atomic mass is 10.0. The maximum absolute atomic E-state index is 12.4. The largest absolute Gasteiger partial charge is 0.388 e. The molecule has 1 amide bonds. The van der Waals surface area contributed by atoms with Gasteiger partial charge in [-0.3, -0.25) is 4.79 Å². The van der Waals surface area contributed by atoms with Gasteiger partial charge in [0.25, 0.3) is 5.91 Å². The Bertz CT molecular complexity index is 902. The Morgan fingerprint density at radius 2 is 1.89 bits per heavy atom. The maximum Gasteiger partial charge on any atom is 0.267 e. The van der Waals surface area contributed by atoms with Gasteiger partial charge in [-0.15, -0.1) is 11.3 Å². The normalized spacial score (nSPS) is 14.7. The summed E-state index contributed by atoms with van der Waals surface area (Å²) in [6, 6.07) is 17.5. The number of hydrogen-bond acceptors (Lipinski definition) is 4. The molecule has 0 aliphatic heterocycles. The van der Waals surface area contributed by atoms with Gasteiger partial charge in [0.1, 0.15) is 4.88 Å². The van der Waals surface area contributed by atoms with Crippen LogP contribution >= 0.6 is 11.3 Å². The standard InChI is InChI=1S/C22H22N2O2S/c25-19(16-4-2-1-3-5-16)13-8-15-6-11-18(12-7-15)24-21(26)20-14-23-22(27-20)17-9-10-17/h1-7,11-12,14,17,19,25H,8-10,13H2,(H,24,26)/t19-/m1/s1. The lowest BCUT2D eigenvalue weighted by molar-refractivity contribution is 0.103. The fourth-order valence-electron chi connectivity index (χ4n) is 3.00. The molecule has 1 aliphatic carbocycles. The molecule has 4 nitrogen and oxygen atoms in total. The van der Waals surface area contributed by atoms with Gasteiger partial charge in [-0.1, -0.05) is 42.5 Å². The second kappa shape index (κ2) is 8.03. The minimum absolute atomic E-state index is 0.105. The van der Waals surface area contributed by atoms with Crippen molar-refractivity contribution in [3.05, 3.63) is 81.8 Å². The molecular weight excluding hydrogens is 356 g/mol. The molecule has 0 spiro atoms. The molecule has 1 atom stereocenters. The molecule has 0 radical (unpaired) electrons. The van der Waals surface area contributed by atoms with Crippen LogP contribution in [-0.4, -0.2) is 16.0 Å². The molecule has 0 unspecified atom stereocenters. The predicted molar refractivity (Wildman–Crippen MR) is 108 cm³/mol. The summed E-state index contributed by atoms with van der Waals surface area (Å²) in [7, 11) is 0. The van der Waals surface area contributed by atoms with E-state index in [2.05, 4.69) is 10.3 Å². The summed E-state index contributed by atoms with van der Waals surface area (Å²) < 4.78 is 0. The summed E-state index contributed by atoms with van der Waals surface area (Å²) in [5.41, 5.74) is 2.85. The predicted octanol–water partition coefficient (Wildman–Crippen LogP) is 4.94. The van der Waals surface area contributed by atoms with Gasteiger partial charge in [-0.2, -0.15) is 0 Å². The number of benzene rings is 2. The number of aryl methyl sites for hydroxylation is 1. The van der Waals surface area contributed by atoms with Crippen LogP contribution in [0.2, 0.25) is 0 Å². The van der Waals surface area contributed by atoms with Gasteiger partial charge >= 0.3 is 0 Å². The number of thiazole rings is 1. The van der Waals surface area contributed by atoms with Crippen molar-refractivity contribution in [3.8, 4) is 0 Å². The van der Waals surface area contributed by atoms with Crippen LogP contribution in [0.3, 0.4) is 0 Å². The number of hydrogen-bond donors (Lipinski definition) is 2. The van der Waals surface area contributed by atoms with E-state index < -0.39 is 6.10 Å². The number of amides is 1. The van der Waals surface area contributed by atoms with E-state index in [4.69, 9.17) is 0 Å². The molecule has 2 N–H and O–H groups in total. The van der Waals surface area contributed by atoms with Crippen LogP contribution in [0, 0.1) is 0 Å². The average molecular weight is 378 g/mol. The molecule has 3 aromatic rings. The molecule has 1 heterocycles. The fraction of sp³-hybridized carbons (Fsp3) is 0.273. The minimum Gasteiger partial charge on any atom is -0.388 e. The highest BCUT2D eigenvalue weighted by Gasteiger charge is 2.27. The first-order valence-corrected chi connectivity index (χ1v) is 10.1. The van der Waals surface area contributed by atoms with Crippen molar-refractivity contribution < 1.29 is 9.90 Å². The van der Waals surface area contributed by atoms with Crippen LogP contribution in [0.25, 0.3) is 0 Å². The van der Waals surface area contributed by atoms with E-state index in [1.165, 1.54) is 24.2 Å². The summed E-state index contributed by atoms with van der Waals surface area (Å²) >= 11 is 1.49. The number of carbonyl (C=O) groups is 1. The molecular formula is C22H22N2O2S. The molecule has 5 heteroatoms. The molecule has 1 aromatic heterocycles. The number of nitrogens with one attached hydrogen (secondary N) is 1. The van der Waals surface area contributed by atoms with Crippen LogP contribution in [0.5, 0.6) is 0 Å². The van der Waals surface area contributed by atoms with E-state index in [-0.39, 0.29) is 5.91 Å². The molecule has 138 valence electrons. The van der Waals surface area contributed by atoms with Gasteiger partial charge in [0.15, 0.2) is 0 Å². The van der Waals surface area contributed by atoms with E-state index in [1.54, 1.807) is 6.20 Å². The maximum atomic E-state index is 12.4. The monoisotopic (exact) mass is 378 g/mol. The van der Waals surface area contributed by atoms with Gasteiger partial charge in [0.2, 0.25) is 0 Å². The van der Waals surface area contributed by atoms with Crippen molar-refractivity contribution in [2.45, 2.75) is 37.7 Å². The summed E-state index contributed by atoms with van der Waals surface area (Å²) in [6.45, 7) is 0. The topological polar surface area (TPSA) is 62.2 Å². The summed E-state index contributed by atoms with van der Waals surface area (Å²) in [5, 5.41) is 14.3. The molecule has 0 bridgehead atoms. The molecule has 0 saturated heterocycles. The first-order chi connectivity index (χ1) is 13.2. The Kier molecular flexibility index (Phi) is 5.32. The average Bonchev–Trinajstić information content (AvgIpc) is 3.44. The van der Waals surface area contributed by atoms with Crippen LogP contribution in [-0.2, 0) is 6.42 Å². The van der Waals surface area contributed by atoms with Crippen molar-refractivity contribution in [1.29, 1.82) is 0 Å². The third kappa shape index (κ3) is 4.62. The second-order valence-electron chi connectivity index (χ2n) is 6.95. The van der Waals surface area contributed by atoms with Gasteiger partial charge in [0.05, 0.1) is 17.3 Å². The first-order valence-electron chi connectivity index (χ1n) is 9.28. The van der Waals surface area contributed by atoms with Crippen LogP contribution in [0.15, 0.2) is 60.8 Å². The van der Waals surface area contributed by atoms with Gasteiger partial charge in [-0.25, -0.2) is 4.98 Å². The fourth-order valence-corrected chi connectivity index (χ4v) is 3.99. The molecule has 1 saturated carbocycles. The highest BCUT2D eigenvalue weighted by molar-refractivity contribution is 7.13. The first kappa shape index (κ1) is 17.9.